The van der Waals surface area contributed by atoms with Gasteiger partial charge >= 0.3 is 0 Å². The van der Waals surface area contributed by atoms with Gasteiger partial charge in [-0.05, 0) is 59.9 Å². The first-order valence-corrected chi connectivity index (χ1v) is 10.2. The molecule has 2 aromatic carbocycles. The quantitative estimate of drug-likeness (QED) is 0.316. The van der Waals surface area contributed by atoms with Crippen LogP contribution in [0, 0.1) is 6.92 Å². The molecular formula is C23H21BrN4. The lowest BCUT2D eigenvalue weighted by atomic mass is 9.88. The number of pyridine rings is 1. The van der Waals surface area contributed by atoms with E-state index in [-0.39, 0.29) is 5.41 Å². The molecule has 5 rings (SSSR count). The van der Waals surface area contributed by atoms with Gasteiger partial charge in [0.25, 0.3) is 0 Å². The van der Waals surface area contributed by atoms with Crippen LogP contribution in [0.25, 0.3) is 33.7 Å². The zero-order chi connectivity index (χ0) is 19.6. The minimum absolute atomic E-state index is 0.0523. The van der Waals surface area contributed by atoms with Gasteiger partial charge in [0, 0.05) is 10.7 Å². The number of benzene rings is 2. The van der Waals surface area contributed by atoms with Gasteiger partial charge in [0.05, 0.1) is 22.1 Å². The first-order valence-electron chi connectivity index (χ1n) is 9.39. The van der Waals surface area contributed by atoms with Gasteiger partial charge in [-0.2, -0.15) is 0 Å². The first-order chi connectivity index (χ1) is 13.3. The predicted octanol–water partition coefficient (Wildman–Crippen LogP) is 6.19. The summed E-state index contributed by atoms with van der Waals surface area (Å²) < 4.78 is 5.44. The zero-order valence-electron chi connectivity index (χ0n) is 16.4. The van der Waals surface area contributed by atoms with Crippen molar-refractivity contribution >= 4 is 43.8 Å². The van der Waals surface area contributed by atoms with Gasteiger partial charge in [-0.15, -0.1) is 0 Å². The average molecular weight is 433 g/mol. The highest BCUT2D eigenvalue weighted by Crippen LogP contribution is 2.32. The maximum absolute atomic E-state index is 5.02. The smallest absolute Gasteiger partial charge is 0.221 e. The van der Waals surface area contributed by atoms with E-state index in [1.165, 1.54) is 11.1 Å². The molecule has 5 aromatic rings. The van der Waals surface area contributed by atoms with Crippen LogP contribution in [0.1, 0.15) is 31.9 Å². The zero-order valence-corrected chi connectivity index (χ0v) is 17.9. The summed E-state index contributed by atoms with van der Waals surface area (Å²) in [7, 11) is 0. The summed E-state index contributed by atoms with van der Waals surface area (Å²) in [4.78, 5) is 9.73. The summed E-state index contributed by atoms with van der Waals surface area (Å²) in [5.74, 6) is 1.78. The maximum Gasteiger partial charge on any atom is 0.221 e. The summed E-state index contributed by atoms with van der Waals surface area (Å²) in [5, 5.41) is 0. The largest absolute Gasteiger partial charge is 0.276 e. The Hall–Kier alpha value is -2.66. The molecule has 0 aliphatic rings. The lowest BCUT2D eigenvalue weighted by molar-refractivity contribution is 0.588. The van der Waals surface area contributed by atoms with E-state index in [1.807, 2.05) is 6.20 Å². The molecule has 0 unspecified atom stereocenters. The van der Waals surface area contributed by atoms with Crippen LogP contribution in [0.2, 0.25) is 0 Å². The molecule has 28 heavy (non-hydrogen) atoms. The Morgan fingerprint density at radius 3 is 2.54 bits per heavy atom. The monoisotopic (exact) mass is 432 g/mol. The molecule has 0 atom stereocenters. The van der Waals surface area contributed by atoms with E-state index in [0.29, 0.717) is 0 Å². The molecule has 0 spiro atoms. The topological polar surface area (TPSA) is 35.1 Å². The highest BCUT2D eigenvalue weighted by Gasteiger charge is 2.20. The van der Waals surface area contributed by atoms with Crippen LogP contribution in [-0.4, -0.2) is 18.9 Å². The lowest BCUT2D eigenvalue weighted by Gasteiger charge is -2.19. The molecule has 0 bridgehead atoms. The van der Waals surface area contributed by atoms with E-state index < -0.39 is 0 Å². The SMILES string of the molecule is Cc1cccc2c1nc1n(-c3cc(C(C)(C)C)ccn3)c3ccc(Br)cc3n21. The molecule has 0 fully saturated rings. The Bertz CT molecular complexity index is 1370. The van der Waals surface area contributed by atoms with Crippen molar-refractivity contribution in [3.63, 3.8) is 0 Å². The van der Waals surface area contributed by atoms with Crippen molar-refractivity contribution in [1.29, 1.82) is 0 Å². The molecule has 0 N–H and O–H groups in total. The number of aryl methyl sites for hydroxylation is 1. The molecule has 3 aromatic heterocycles. The number of fused-ring (bicyclic) bond motifs is 5. The van der Waals surface area contributed by atoms with Crippen molar-refractivity contribution in [2.45, 2.75) is 33.1 Å². The summed E-state index contributed by atoms with van der Waals surface area (Å²) >= 11 is 3.63. The van der Waals surface area contributed by atoms with Gasteiger partial charge in [-0.3, -0.25) is 8.97 Å². The molecule has 3 heterocycles. The number of halogens is 1. The Morgan fingerprint density at radius 2 is 1.75 bits per heavy atom. The molecule has 5 heteroatoms. The average Bonchev–Trinajstić information content (AvgIpc) is 3.17. The molecular weight excluding hydrogens is 412 g/mol. The van der Waals surface area contributed by atoms with Crippen LogP contribution < -0.4 is 0 Å². The van der Waals surface area contributed by atoms with Crippen LogP contribution in [0.5, 0.6) is 0 Å². The van der Waals surface area contributed by atoms with Gasteiger partial charge in [-0.25, -0.2) is 9.97 Å². The van der Waals surface area contributed by atoms with Gasteiger partial charge in [-0.1, -0.05) is 48.8 Å². The number of nitrogens with zero attached hydrogens (tertiary/aromatic N) is 4. The van der Waals surface area contributed by atoms with E-state index in [9.17, 15) is 0 Å². The molecule has 4 nitrogen and oxygen atoms in total. The Morgan fingerprint density at radius 1 is 0.929 bits per heavy atom. The second kappa shape index (κ2) is 5.92. The third-order valence-corrected chi connectivity index (χ3v) is 5.82. The van der Waals surface area contributed by atoms with Gasteiger partial charge in [0.1, 0.15) is 5.82 Å². The minimum atomic E-state index is 0.0523. The number of hydrogen-bond acceptors (Lipinski definition) is 2. The normalized spacial score (nSPS) is 12.5. The van der Waals surface area contributed by atoms with E-state index in [4.69, 9.17) is 9.97 Å². The maximum atomic E-state index is 5.02. The van der Waals surface area contributed by atoms with Gasteiger partial charge in [0.15, 0.2) is 0 Å². The summed E-state index contributed by atoms with van der Waals surface area (Å²) in [5.41, 5.74) is 6.82. The van der Waals surface area contributed by atoms with E-state index >= 15 is 0 Å². The summed E-state index contributed by atoms with van der Waals surface area (Å²) in [6, 6.07) is 16.9. The molecule has 0 saturated heterocycles. The number of imidazole rings is 2. The predicted molar refractivity (Wildman–Crippen MR) is 118 cm³/mol. The molecule has 140 valence electrons. The van der Waals surface area contributed by atoms with Crippen LogP contribution in [0.3, 0.4) is 0 Å². The fraction of sp³-hybridized carbons (Fsp3) is 0.217. The number of hydrogen-bond donors (Lipinski definition) is 0. The second-order valence-electron chi connectivity index (χ2n) is 8.31. The molecule has 0 amide bonds. The summed E-state index contributed by atoms with van der Waals surface area (Å²) in [6.07, 6.45) is 1.89. The number of para-hydroxylation sites is 1. The number of aromatic nitrogens is 4. The third-order valence-electron chi connectivity index (χ3n) is 5.33. The van der Waals surface area contributed by atoms with E-state index in [0.717, 1.165) is 38.1 Å². The van der Waals surface area contributed by atoms with Crippen LogP contribution in [-0.2, 0) is 5.41 Å². The first kappa shape index (κ1) is 17.4. The fourth-order valence-corrected chi connectivity index (χ4v) is 4.17. The highest BCUT2D eigenvalue weighted by molar-refractivity contribution is 9.10. The second-order valence-corrected chi connectivity index (χ2v) is 9.23. The van der Waals surface area contributed by atoms with Crippen molar-refractivity contribution in [3.8, 4) is 5.82 Å². The van der Waals surface area contributed by atoms with E-state index in [2.05, 4.69) is 101 Å². The molecule has 0 radical (unpaired) electrons. The highest BCUT2D eigenvalue weighted by atomic mass is 79.9. The Labute approximate surface area is 172 Å². The summed E-state index contributed by atoms with van der Waals surface area (Å²) in [6.45, 7) is 8.77. The van der Waals surface area contributed by atoms with Crippen molar-refractivity contribution in [1.82, 2.24) is 18.9 Å². The van der Waals surface area contributed by atoms with Crippen molar-refractivity contribution in [2.75, 3.05) is 0 Å². The molecule has 0 saturated carbocycles. The standard InChI is InChI=1S/C23H21BrN4/c1-14-6-5-7-18-21(14)26-22-27(18)19-13-16(24)8-9-17(19)28(22)20-12-15(10-11-25-20)23(2,3)4/h5-13H,1-4H3. The Balaban J connectivity index is 1.95. The van der Waals surface area contributed by atoms with Crippen molar-refractivity contribution < 1.29 is 0 Å². The Kier molecular flexibility index (Phi) is 3.68. The number of rotatable bonds is 1. The minimum Gasteiger partial charge on any atom is -0.276 e. The van der Waals surface area contributed by atoms with Gasteiger partial charge < -0.3 is 0 Å². The van der Waals surface area contributed by atoms with Crippen LogP contribution in [0.15, 0.2) is 59.2 Å². The van der Waals surface area contributed by atoms with Gasteiger partial charge in [0.2, 0.25) is 5.78 Å². The molecule has 0 aliphatic heterocycles. The third kappa shape index (κ3) is 2.49. The van der Waals surface area contributed by atoms with Crippen LogP contribution in [0.4, 0.5) is 0 Å². The fourth-order valence-electron chi connectivity index (χ4n) is 3.82. The van der Waals surface area contributed by atoms with Crippen molar-refractivity contribution in [2.24, 2.45) is 0 Å². The van der Waals surface area contributed by atoms with E-state index in [1.54, 1.807) is 0 Å². The van der Waals surface area contributed by atoms with Crippen LogP contribution >= 0.6 is 15.9 Å². The lowest BCUT2D eigenvalue weighted by Crippen LogP contribution is -2.12. The van der Waals surface area contributed by atoms with Crippen molar-refractivity contribution in [3.05, 3.63) is 70.3 Å². The molecule has 0 aliphatic carbocycles.